The highest BCUT2D eigenvalue weighted by atomic mass is 19.1. The molecule has 3 rings (SSSR count). The topological polar surface area (TPSA) is 118 Å². The fourth-order valence-electron chi connectivity index (χ4n) is 2.75. The maximum atomic E-state index is 13.0. The highest BCUT2D eigenvalue weighted by molar-refractivity contribution is 5.89. The number of nitrogens with one attached hydrogen (secondary N) is 2. The number of carbonyl (C=O) groups is 2. The first-order valence-electron chi connectivity index (χ1n) is 8.59. The number of amides is 2. The third-order valence-electron chi connectivity index (χ3n) is 4.09. The zero-order valence-corrected chi connectivity index (χ0v) is 15.4. The lowest BCUT2D eigenvalue weighted by molar-refractivity contribution is -0.114. The van der Waals surface area contributed by atoms with Gasteiger partial charge in [-0.05, 0) is 41.0 Å². The molecule has 10 heteroatoms. The van der Waals surface area contributed by atoms with Gasteiger partial charge in [-0.2, -0.15) is 0 Å². The van der Waals surface area contributed by atoms with Crippen molar-refractivity contribution in [3.8, 4) is 11.1 Å². The van der Waals surface area contributed by atoms with Crippen molar-refractivity contribution in [2.24, 2.45) is 0 Å². The van der Waals surface area contributed by atoms with Gasteiger partial charge >= 0.3 is 11.8 Å². The van der Waals surface area contributed by atoms with Crippen LogP contribution in [0, 0.1) is 0 Å². The number of fused-ring (bicyclic) bond motifs is 1. The van der Waals surface area contributed by atoms with Crippen LogP contribution in [0.1, 0.15) is 6.92 Å². The largest absolute Gasteiger partial charge is 0.465 e. The summed E-state index contributed by atoms with van der Waals surface area (Å²) in [7, 11) is 0. The Morgan fingerprint density at radius 2 is 1.86 bits per heavy atom. The second-order valence-electron chi connectivity index (χ2n) is 6.27. The Morgan fingerprint density at radius 3 is 2.48 bits per heavy atom. The molecule has 9 nitrogen and oxygen atoms in total. The van der Waals surface area contributed by atoms with Gasteiger partial charge in [0.15, 0.2) is 5.65 Å². The van der Waals surface area contributed by atoms with Crippen LogP contribution in [-0.4, -0.2) is 37.8 Å². The number of aromatic nitrogens is 3. The van der Waals surface area contributed by atoms with Crippen LogP contribution in [0.3, 0.4) is 0 Å². The number of hydrogen-bond donors (Lipinski definition) is 3. The Kier molecular flexibility index (Phi) is 5.72. The quantitative estimate of drug-likeness (QED) is 0.588. The van der Waals surface area contributed by atoms with Gasteiger partial charge in [0, 0.05) is 25.4 Å². The Hall–Kier alpha value is -3.95. The first-order chi connectivity index (χ1) is 13.9. The summed E-state index contributed by atoms with van der Waals surface area (Å²) < 4.78 is 15.4. The van der Waals surface area contributed by atoms with Gasteiger partial charge in [0.05, 0.1) is 12.9 Å². The predicted octanol–water partition coefficient (Wildman–Crippen LogP) is 2.24. The number of halogens is 1. The van der Waals surface area contributed by atoms with Gasteiger partial charge in [0.1, 0.15) is 0 Å². The molecule has 0 aliphatic rings. The van der Waals surface area contributed by atoms with E-state index >= 15 is 0 Å². The van der Waals surface area contributed by atoms with Crippen molar-refractivity contribution < 1.29 is 19.1 Å². The Bertz CT molecular complexity index is 1150. The van der Waals surface area contributed by atoms with Crippen molar-refractivity contribution in [3.05, 3.63) is 65.0 Å². The minimum atomic E-state index is -1.29. The van der Waals surface area contributed by atoms with Crippen molar-refractivity contribution in [2.75, 3.05) is 11.9 Å². The number of hydrogen-bond acceptors (Lipinski definition) is 4. The Morgan fingerprint density at radius 1 is 1.17 bits per heavy atom. The summed E-state index contributed by atoms with van der Waals surface area (Å²) in [4.78, 5) is 34.3. The molecule has 0 fully saturated rings. The lowest BCUT2D eigenvalue weighted by Gasteiger charge is -2.05. The van der Waals surface area contributed by atoms with E-state index in [1.165, 1.54) is 11.3 Å². The van der Waals surface area contributed by atoms with Gasteiger partial charge < -0.3 is 15.7 Å². The normalized spacial score (nSPS) is 11.4. The fourth-order valence-corrected chi connectivity index (χ4v) is 2.75. The van der Waals surface area contributed by atoms with Gasteiger partial charge in [0.25, 0.3) is 0 Å². The first kappa shape index (κ1) is 19.8. The van der Waals surface area contributed by atoms with Crippen LogP contribution in [0.15, 0.2) is 59.3 Å². The first-order valence-corrected chi connectivity index (χ1v) is 8.59. The van der Waals surface area contributed by atoms with E-state index in [9.17, 15) is 18.8 Å². The summed E-state index contributed by atoms with van der Waals surface area (Å²) in [5.41, 5.74) is 2.20. The third-order valence-corrected chi connectivity index (χ3v) is 4.09. The van der Waals surface area contributed by atoms with Crippen LogP contribution in [0.4, 0.5) is 14.9 Å². The molecule has 0 atom stereocenters. The molecule has 0 spiro atoms. The average Bonchev–Trinajstić information content (AvgIpc) is 3.00. The lowest BCUT2D eigenvalue weighted by atomic mass is 10.1. The molecule has 0 radical (unpaired) electrons. The molecule has 3 aromatic rings. The molecule has 2 heterocycles. The highest BCUT2D eigenvalue weighted by Crippen LogP contribution is 2.21. The number of benzene rings is 1. The summed E-state index contributed by atoms with van der Waals surface area (Å²) in [5, 5.41) is 17.5. The molecule has 29 heavy (non-hydrogen) atoms. The number of carboxylic acid groups (broad SMARTS) is 1. The van der Waals surface area contributed by atoms with Crippen LogP contribution < -0.4 is 16.3 Å². The summed E-state index contributed by atoms with van der Waals surface area (Å²) in [5.74, 6) is -0.168. The van der Waals surface area contributed by atoms with E-state index in [1.54, 1.807) is 30.5 Å². The van der Waals surface area contributed by atoms with Gasteiger partial charge in [-0.3, -0.25) is 4.79 Å². The van der Waals surface area contributed by atoms with Gasteiger partial charge in [-0.1, -0.05) is 12.1 Å². The zero-order valence-electron chi connectivity index (χ0n) is 15.4. The van der Waals surface area contributed by atoms with Crippen LogP contribution in [0.25, 0.3) is 16.8 Å². The zero-order chi connectivity index (χ0) is 21.0. The number of anilines is 1. The Labute approximate surface area is 164 Å². The molecule has 0 saturated heterocycles. The third kappa shape index (κ3) is 4.67. The van der Waals surface area contributed by atoms with E-state index in [0.29, 0.717) is 11.3 Å². The van der Waals surface area contributed by atoms with Crippen molar-refractivity contribution >= 4 is 23.3 Å². The minimum absolute atomic E-state index is 0.0617. The summed E-state index contributed by atoms with van der Waals surface area (Å²) >= 11 is 0. The molecule has 1 aromatic carbocycles. The maximum Gasteiger partial charge on any atom is 0.404 e. The minimum Gasteiger partial charge on any atom is -0.465 e. The SMILES string of the molecule is CC(=O)Nc1ccc(-c2ccc3nn(CC(=CF)CNC(=O)O)c(=O)n3c2)cc1. The monoisotopic (exact) mass is 399 g/mol. The molecule has 0 unspecified atom stereocenters. The van der Waals surface area contributed by atoms with Gasteiger partial charge in [0.2, 0.25) is 5.91 Å². The van der Waals surface area contributed by atoms with Crippen LogP contribution in [0.2, 0.25) is 0 Å². The molecule has 0 saturated carbocycles. The van der Waals surface area contributed by atoms with E-state index < -0.39 is 11.8 Å². The molecule has 150 valence electrons. The second kappa shape index (κ2) is 8.38. The van der Waals surface area contributed by atoms with Crippen molar-refractivity contribution in [1.82, 2.24) is 19.5 Å². The van der Waals surface area contributed by atoms with E-state index in [0.717, 1.165) is 15.8 Å². The molecule has 3 N–H and O–H groups in total. The number of pyridine rings is 1. The molecule has 0 bridgehead atoms. The van der Waals surface area contributed by atoms with Gasteiger partial charge in [-0.25, -0.2) is 23.1 Å². The predicted molar refractivity (Wildman–Crippen MR) is 104 cm³/mol. The molecular weight excluding hydrogens is 381 g/mol. The molecule has 2 aromatic heterocycles. The van der Waals surface area contributed by atoms with E-state index in [4.69, 9.17) is 5.11 Å². The summed E-state index contributed by atoms with van der Waals surface area (Å²) in [6.07, 6.45) is 0.582. The molecule has 2 amide bonds. The smallest absolute Gasteiger partial charge is 0.404 e. The highest BCUT2D eigenvalue weighted by Gasteiger charge is 2.11. The maximum absolute atomic E-state index is 13.0. The van der Waals surface area contributed by atoms with E-state index in [-0.39, 0.29) is 30.9 Å². The van der Waals surface area contributed by atoms with Crippen molar-refractivity contribution in [3.63, 3.8) is 0 Å². The van der Waals surface area contributed by atoms with Crippen molar-refractivity contribution in [2.45, 2.75) is 13.5 Å². The van der Waals surface area contributed by atoms with Crippen LogP contribution in [-0.2, 0) is 11.3 Å². The molecular formula is C19H18FN5O4. The van der Waals surface area contributed by atoms with Gasteiger partial charge in [-0.15, -0.1) is 5.10 Å². The number of nitrogens with zero attached hydrogens (tertiary/aromatic N) is 3. The standard InChI is InChI=1S/C19H18FN5O4/c1-12(26)22-16-5-2-14(3-6-16)15-4-7-17-23-25(19(29)24(17)11-15)10-13(8-20)9-21-18(27)28/h2-8,11,21H,9-10H2,1H3,(H,22,26)(H,27,28). The summed E-state index contributed by atoms with van der Waals surface area (Å²) in [6.45, 7) is 0.989. The lowest BCUT2D eigenvalue weighted by Crippen LogP contribution is -2.28. The van der Waals surface area contributed by atoms with Crippen LogP contribution in [0.5, 0.6) is 0 Å². The Balaban J connectivity index is 1.87. The number of rotatable bonds is 6. The molecule has 0 aliphatic carbocycles. The fraction of sp³-hybridized carbons (Fsp3) is 0.158. The van der Waals surface area contributed by atoms with E-state index in [2.05, 4.69) is 10.4 Å². The number of carbonyl (C=O) groups excluding carboxylic acids is 1. The molecule has 0 aliphatic heterocycles. The average molecular weight is 399 g/mol. The van der Waals surface area contributed by atoms with E-state index in [1.807, 2.05) is 17.4 Å². The van der Waals surface area contributed by atoms with Crippen LogP contribution >= 0.6 is 0 Å². The summed E-state index contributed by atoms with van der Waals surface area (Å²) in [6, 6.07) is 10.6. The van der Waals surface area contributed by atoms with Crippen molar-refractivity contribution in [1.29, 1.82) is 0 Å². The second-order valence-corrected chi connectivity index (χ2v) is 6.27.